The van der Waals surface area contributed by atoms with Crippen LogP contribution in [-0.2, 0) is 0 Å². The van der Waals surface area contributed by atoms with Gasteiger partial charge in [-0.05, 0) is 32.4 Å². The summed E-state index contributed by atoms with van der Waals surface area (Å²) in [4.78, 5) is 1.39. The molecule has 1 aliphatic rings. The molecule has 0 saturated heterocycles. The molecule has 2 rings (SSSR count). The van der Waals surface area contributed by atoms with Crippen molar-refractivity contribution in [2.45, 2.75) is 30.4 Å². The fraction of sp³-hybridized carbons (Fsp3) is 0.333. The van der Waals surface area contributed by atoms with E-state index in [4.69, 9.17) is 0 Å². The zero-order chi connectivity index (χ0) is 9.26. The normalized spacial score (nSPS) is 20.2. The molecule has 0 aliphatic heterocycles. The molecule has 1 aliphatic carbocycles. The lowest BCUT2D eigenvalue weighted by Crippen LogP contribution is -1.75. The van der Waals surface area contributed by atoms with Crippen LogP contribution in [0.1, 0.15) is 20.3 Å². The first-order chi connectivity index (χ1) is 6.27. The lowest BCUT2D eigenvalue weighted by molar-refractivity contribution is 1.36. The van der Waals surface area contributed by atoms with Crippen molar-refractivity contribution in [2.75, 3.05) is 0 Å². The van der Waals surface area contributed by atoms with E-state index >= 15 is 0 Å². The summed E-state index contributed by atoms with van der Waals surface area (Å²) in [6.45, 7) is 4.42. The van der Waals surface area contributed by atoms with E-state index < -0.39 is 0 Å². The molecule has 0 bridgehead atoms. The van der Waals surface area contributed by atoms with Gasteiger partial charge in [0, 0.05) is 10.1 Å². The molecule has 1 aromatic carbocycles. The average Bonchev–Trinajstić information content (AvgIpc) is 2.86. The highest BCUT2D eigenvalue weighted by molar-refractivity contribution is 8.00. The first kappa shape index (κ1) is 8.89. The SMILES string of the molecule is CC(C)=C1CC1Sc1ccccc1. The highest BCUT2D eigenvalue weighted by Gasteiger charge is 2.31. The molecule has 0 nitrogen and oxygen atoms in total. The lowest BCUT2D eigenvalue weighted by Gasteiger charge is -1.96. The van der Waals surface area contributed by atoms with Gasteiger partial charge in [-0.25, -0.2) is 0 Å². The third-order valence-electron chi connectivity index (χ3n) is 2.30. The monoisotopic (exact) mass is 190 g/mol. The minimum atomic E-state index is 0.771. The van der Waals surface area contributed by atoms with E-state index in [1.165, 1.54) is 16.9 Å². The van der Waals surface area contributed by atoms with Crippen LogP contribution in [-0.4, -0.2) is 5.25 Å². The predicted octanol–water partition coefficient (Wildman–Crippen LogP) is 3.89. The Kier molecular flexibility index (Phi) is 2.45. The molecule has 0 spiro atoms. The summed E-state index contributed by atoms with van der Waals surface area (Å²) >= 11 is 1.99. The van der Waals surface area contributed by atoms with Crippen molar-refractivity contribution < 1.29 is 0 Å². The van der Waals surface area contributed by atoms with Crippen LogP contribution in [0.3, 0.4) is 0 Å². The molecule has 1 heteroatoms. The number of benzene rings is 1. The van der Waals surface area contributed by atoms with Crippen molar-refractivity contribution in [3.05, 3.63) is 41.5 Å². The Morgan fingerprint density at radius 1 is 1.23 bits per heavy atom. The van der Waals surface area contributed by atoms with Gasteiger partial charge in [-0.2, -0.15) is 0 Å². The summed E-state index contributed by atoms with van der Waals surface area (Å²) in [7, 11) is 0. The molecule has 0 radical (unpaired) electrons. The van der Waals surface area contributed by atoms with Gasteiger partial charge in [-0.3, -0.25) is 0 Å². The van der Waals surface area contributed by atoms with E-state index in [-0.39, 0.29) is 0 Å². The second-order valence-corrected chi connectivity index (χ2v) is 4.93. The van der Waals surface area contributed by atoms with Crippen molar-refractivity contribution in [1.82, 2.24) is 0 Å². The quantitative estimate of drug-likeness (QED) is 0.638. The van der Waals surface area contributed by atoms with Gasteiger partial charge in [-0.15, -0.1) is 11.8 Å². The first-order valence-electron chi connectivity index (χ1n) is 4.65. The molecule has 1 atom stereocenters. The standard InChI is InChI=1S/C12H14S/c1-9(2)11-8-12(11)13-10-6-4-3-5-7-10/h3-7,12H,8H2,1-2H3. The van der Waals surface area contributed by atoms with Crippen molar-refractivity contribution in [2.24, 2.45) is 0 Å². The Hall–Kier alpha value is -0.690. The van der Waals surface area contributed by atoms with Gasteiger partial charge in [0.15, 0.2) is 0 Å². The van der Waals surface area contributed by atoms with E-state index in [2.05, 4.69) is 44.2 Å². The average molecular weight is 190 g/mol. The zero-order valence-electron chi connectivity index (χ0n) is 8.08. The summed E-state index contributed by atoms with van der Waals surface area (Å²) < 4.78 is 0. The van der Waals surface area contributed by atoms with E-state index in [1.54, 1.807) is 5.57 Å². The van der Waals surface area contributed by atoms with Crippen LogP contribution in [0.2, 0.25) is 0 Å². The second-order valence-electron chi connectivity index (χ2n) is 3.65. The van der Waals surface area contributed by atoms with Crippen LogP contribution in [0, 0.1) is 0 Å². The fourth-order valence-corrected chi connectivity index (χ4v) is 2.73. The molecule has 1 unspecified atom stereocenters. The highest BCUT2D eigenvalue weighted by atomic mass is 32.2. The van der Waals surface area contributed by atoms with Crippen LogP contribution < -0.4 is 0 Å². The molecule has 68 valence electrons. The zero-order valence-corrected chi connectivity index (χ0v) is 8.90. The summed E-state index contributed by atoms with van der Waals surface area (Å²) in [6.07, 6.45) is 1.29. The maximum absolute atomic E-state index is 2.21. The molecule has 13 heavy (non-hydrogen) atoms. The van der Waals surface area contributed by atoms with Crippen LogP contribution in [0.15, 0.2) is 46.4 Å². The van der Waals surface area contributed by atoms with Crippen molar-refractivity contribution >= 4 is 11.8 Å². The second kappa shape index (κ2) is 3.59. The van der Waals surface area contributed by atoms with Crippen LogP contribution >= 0.6 is 11.8 Å². The fourth-order valence-electron chi connectivity index (χ4n) is 1.44. The number of rotatable bonds is 2. The van der Waals surface area contributed by atoms with Gasteiger partial charge in [0.2, 0.25) is 0 Å². The van der Waals surface area contributed by atoms with Gasteiger partial charge < -0.3 is 0 Å². The summed E-state index contributed by atoms with van der Waals surface area (Å²) in [5, 5.41) is 0.771. The number of thioether (sulfide) groups is 1. The van der Waals surface area contributed by atoms with Gasteiger partial charge in [0.25, 0.3) is 0 Å². The minimum Gasteiger partial charge on any atom is -0.118 e. The maximum atomic E-state index is 2.21. The largest absolute Gasteiger partial charge is 0.118 e. The summed E-state index contributed by atoms with van der Waals surface area (Å²) in [5.41, 5.74) is 3.15. The third-order valence-corrected chi connectivity index (χ3v) is 3.58. The predicted molar refractivity (Wildman–Crippen MR) is 59.1 cm³/mol. The summed E-state index contributed by atoms with van der Waals surface area (Å²) in [5.74, 6) is 0. The Morgan fingerprint density at radius 2 is 1.92 bits per heavy atom. The van der Waals surface area contributed by atoms with E-state index in [0.29, 0.717) is 0 Å². The topological polar surface area (TPSA) is 0 Å². The third kappa shape index (κ3) is 2.16. The van der Waals surface area contributed by atoms with Crippen molar-refractivity contribution in [3.63, 3.8) is 0 Å². The molecule has 0 heterocycles. The Balaban J connectivity index is 1.99. The first-order valence-corrected chi connectivity index (χ1v) is 5.53. The Morgan fingerprint density at radius 3 is 2.46 bits per heavy atom. The van der Waals surface area contributed by atoms with Crippen molar-refractivity contribution in [3.8, 4) is 0 Å². The van der Waals surface area contributed by atoms with Crippen molar-refractivity contribution in [1.29, 1.82) is 0 Å². The maximum Gasteiger partial charge on any atom is 0.0344 e. The molecular weight excluding hydrogens is 176 g/mol. The molecule has 1 saturated carbocycles. The molecule has 0 aromatic heterocycles. The summed E-state index contributed by atoms with van der Waals surface area (Å²) in [6, 6.07) is 10.6. The number of hydrogen-bond donors (Lipinski definition) is 0. The van der Waals surface area contributed by atoms with Gasteiger partial charge in [0.1, 0.15) is 0 Å². The highest BCUT2D eigenvalue weighted by Crippen LogP contribution is 2.46. The molecule has 1 fully saturated rings. The molecule has 1 aromatic rings. The van der Waals surface area contributed by atoms with E-state index in [9.17, 15) is 0 Å². The Labute approximate surface area is 84.0 Å². The van der Waals surface area contributed by atoms with Gasteiger partial charge in [-0.1, -0.05) is 29.3 Å². The Bertz CT molecular complexity index is 320. The minimum absolute atomic E-state index is 0.771. The van der Waals surface area contributed by atoms with E-state index in [1.807, 2.05) is 11.8 Å². The van der Waals surface area contributed by atoms with Crippen LogP contribution in [0.4, 0.5) is 0 Å². The molecular formula is C12H14S. The number of allylic oxidation sites excluding steroid dienone is 1. The number of hydrogen-bond acceptors (Lipinski definition) is 1. The smallest absolute Gasteiger partial charge is 0.0344 e. The van der Waals surface area contributed by atoms with E-state index in [0.717, 1.165) is 5.25 Å². The lowest BCUT2D eigenvalue weighted by atomic mass is 10.3. The van der Waals surface area contributed by atoms with Crippen LogP contribution in [0.5, 0.6) is 0 Å². The van der Waals surface area contributed by atoms with Crippen LogP contribution in [0.25, 0.3) is 0 Å². The molecule has 0 N–H and O–H groups in total. The van der Waals surface area contributed by atoms with Gasteiger partial charge >= 0.3 is 0 Å². The molecule has 0 amide bonds. The van der Waals surface area contributed by atoms with Gasteiger partial charge in [0.05, 0.1) is 0 Å².